The van der Waals surface area contributed by atoms with Gasteiger partial charge in [-0.1, -0.05) is 6.92 Å². The third-order valence-corrected chi connectivity index (χ3v) is 1.38. The van der Waals surface area contributed by atoms with Gasteiger partial charge >= 0.3 is 0 Å². The maximum absolute atomic E-state index is 11.2. The molecule has 0 heterocycles. The van der Waals surface area contributed by atoms with Crippen molar-refractivity contribution in [2.45, 2.75) is 13.3 Å². The van der Waals surface area contributed by atoms with Crippen LogP contribution in [-0.2, 0) is 9.53 Å². The maximum atomic E-state index is 11.2. The van der Waals surface area contributed by atoms with E-state index in [-0.39, 0.29) is 19.1 Å². The lowest BCUT2D eigenvalue weighted by Gasteiger charge is -2.17. The molecule has 0 rings (SSSR count). The third-order valence-electron chi connectivity index (χ3n) is 1.38. The summed E-state index contributed by atoms with van der Waals surface area (Å²) in [6.45, 7) is 2.79. The van der Waals surface area contributed by atoms with Gasteiger partial charge in [0, 0.05) is 13.7 Å². The Kier molecular flexibility index (Phi) is 6.02. The molecule has 0 spiro atoms. The van der Waals surface area contributed by atoms with Gasteiger partial charge in [-0.25, -0.2) is 0 Å². The van der Waals surface area contributed by atoms with Crippen LogP contribution in [0.4, 0.5) is 0 Å². The summed E-state index contributed by atoms with van der Waals surface area (Å²) in [7, 11) is 1.47. The molecule has 0 atom stereocenters. The molecule has 12 heavy (non-hydrogen) atoms. The Morgan fingerprint density at radius 1 is 1.67 bits per heavy atom. The minimum Gasteiger partial charge on any atom is -0.375 e. The molecule has 4 heteroatoms. The Hall–Kier alpha value is -1.08. The highest BCUT2D eigenvalue weighted by molar-refractivity contribution is 5.77. The number of nitrogens with zero attached hydrogens (tertiary/aromatic N) is 2. The van der Waals surface area contributed by atoms with E-state index < -0.39 is 0 Å². The number of rotatable bonds is 5. The van der Waals surface area contributed by atoms with Crippen LogP contribution in [0.1, 0.15) is 13.3 Å². The van der Waals surface area contributed by atoms with E-state index in [0.717, 1.165) is 6.42 Å². The second kappa shape index (κ2) is 6.62. The average molecular weight is 170 g/mol. The summed E-state index contributed by atoms with van der Waals surface area (Å²) < 4.78 is 4.68. The fraction of sp³-hybridized carbons (Fsp3) is 0.750. The van der Waals surface area contributed by atoms with Crippen molar-refractivity contribution >= 4 is 5.91 Å². The first kappa shape index (κ1) is 10.9. The number of nitriles is 1. The summed E-state index contributed by atoms with van der Waals surface area (Å²) in [5.41, 5.74) is 0. The predicted molar refractivity (Wildman–Crippen MR) is 44.4 cm³/mol. The molecule has 0 saturated carbocycles. The molecule has 0 fully saturated rings. The monoisotopic (exact) mass is 170 g/mol. The highest BCUT2D eigenvalue weighted by Crippen LogP contribution is 1.92. The zero-order chi connectivity index (χ0) is 9.40. The van der Waals surface area contributed by atoms with Crippen LogP contribution in [0.2, 0.25) is 0 Å². The first-order valence-electron chi connectivity index (χ1n) is 3.89. The molecule has 0 aromatic carbocycles. The Morgan fingerprint density at radius 3 is 2.75 bits per heavy atom. The number of hydrogen-bond acceptors (Lipinski definition) is 3. The second-order valence-corrected chi connectivity index (χ2v) is 2.41. The van der Waals surface area contributed by atoms with Crippen LogP contribution < -0.4 is 0 Å². The van der Waals surface area contributed by atoms with Gasteiger partial charge in [-0.2, -0.15) is 5.26 Å². The molecule has 0 aliphatic carbocycles. The van der Waals surface area contributed by atoms with E-state index in [9.17, 15) is 4.79 Å². The van der Waals surface area contributed by atoms with E-state index in [2.05, 4.69) is 4.74 Å². The fourth-order valence-electron chi connectivity index (χ4n) is 0.862. The molecule has 0 aliphatic rings. The molecule has 0 saturated heterocycles. The van der Waals surface area contributed by atoms with Crippen molar-refractivity contribution in [1.82, 2.24) is 4.90 Å². The lowest BCUT2D eigenvalue weighted by atomic mass is 10.4. The molecule has 0 unspecified atom stereocenters. The SMILES string of the molecule is CCCN(CC#N)C(=O)COC. The van der Waals surface area contributed by atoms with Gasteiger partial charge in [-0.05, 0) is 6.42 Å². The molecular weight excluding hydrogens is 156 g/mol. The van der Waals surface area contributed by atoms with Crippen molar-refractivity contribution < 1.29 is 9.53 Å². The summed E-state index contributed by atoms with van der Waals surface area (Å²) in [5.74, 6) is -0.124. The van der Waals surface area contributed by atoms with Crippen molar-refractivity contribution in [1.29, 1.82) is 5.26 Å². The number of carbonyl (C=O) groups excluding carboxylic acids is 1. The summed E-state index contributed by atoms with van der Waals surface area (Å²) >= 11 is 0. The molecule has 0 aliphatic heterocycles. The first-order valence-corrected chi connectivity index (χ1v) is 3.89. The Morgan fingerprint density at radius 2 is 2.33 bits per heavy atom. The van der Waals surface area contributed by atoms with Gasteiger partial charge in [-0.15, -0.1) is 0 Å². The summed E-state index contributed by atoms with van der Waals surface area (Å²) in [6, 6.07) is 1.94. The van der Waals surface area contributed by atoms with Crippen LogP contribution in [0.5, 0.6) is 0 Å². The van der Waals surface area contributed by atoms with Crippen molar-refractivity contribution in [2.24, 2.45) is 0 Å². The molecule has 0 aromatic rings. The maximum Gasteiger partial charge on any atom is 0.249 e. The van der Waals surface area contributed by atoms with Crippen molar-refractivity contribution in [3.05, 3.63) is 0 Å². The molecule has 0 aromatic heterocycles. The number of carbonyl (C=O) groups is 1. The summed E-state index contributed by atoms with van der Waals surface area (Å²) in [4.78, 5) is 12.7. The van der Waals surface area contributed by atoms with E-state index >= 15 is 0 Å². The van der Waals surface area contributed by atoms with Gasteiger partial charge in [0.15, 0.2) is 0 Å². The molecule has 0 bridgehead atoms. The van der Waals surface area contributed by atoms with Gasteiger partial charge in [0.2, 0.25) is 5.91 Å². The highest BCUT2D eigenvalue weighted by Gasteiger charge is 2.10. The van der Waals surface area contributed by atoms with Crippen molar-refractivity contribution in [3.8, 4) is 6.07 Å². The lowest BCUT2D eigenvalue weighted by Crippen LogP contribution is -2.34. The summed E-state index contributed by atoms with van der Waals surface area (Å²) in [5, 5.41) is 8.40. The zero-order valence-corrected chi connectivity index (χ0v) is 7.54. The molecule has 4 nitrogen and oxygen atoms in total. The van der Waals surface area contributed by atoms with Crippen molar-refractivity contribution in [3.63, 3.8) is 0 Å². The number of amides is 1. The third kappa shape index (κ3) is 3.94. The van der Waals surface area contributed by atoms with Crippen LogP contribution in [0.25, 0.3) is 0 Å². The Labute approximate surface area is 72.7 Å². The molecule has 0 N–H and O–H groups in total. The lowest BCUT2D eigenvalue weighted by molar-refractivity contribution is -0.134. The fourth-order valence-corrected chi connectivity index (χ4v) is 0.862. The van der Waals surface area contributed by atoms with Crippen LogP contribution in [0.15, 0.2) is 0 Å². The van der Waals surface area contributed by atoms with Crippen LogP contribution in [-0.4, -0.2) is 37.6 Å². The zero-order valence-electron chi connectivity index (χ0n) is 7.54. The number of ether oxygens (including phenoxy) is 1. The first-order chi connectivity index (χ1) is 5.76. The van der Waals surface area contributed by atoms with E-state index in [1.54, 1.807) is 0 Å². The van der Waals surface area contributed by atoms with Crippen LogP contribution >= 0.6 is 0 Å². The number of methoxy groups -OCH3 is 1. The van der Waals surface area contributed by atoms with Gasteiger partial charge in [0.1, 0.15) is 13.2 Å². The largest absolute Gasteiger partial charge is 0.375 e. The quantitative estimate of drug-likeness (QED) is 0.561. The van der Waals surface area contributed by atoms with Crippen molar-refractivity contribution in [2.75, 3.05) is 26.8 Å². The van der Waals surface area contributed by atoms with Gasteiger partial charge < -0.3 is 9.64 Å². The van der Waals surface area contributed by atoms with Gasteiger partial charge in [-0.3, -0.25) is 4.79 Å². The van der Waals surface area contributed by atoms with E-state index in [0.29, 0.717) is 6.54 Å². The minimum absolute atomic E-state index is 0.0572. The van der Waals surface area contributed by atoms with E-state index in [1.807, 2.05) is 13.0 Å². The van der Waals surface area contributed by atoms with Gasteiger partial charge in [0.25, 0.3) is 0 Å². The average Bonchev–Trinajstić information content (AvgIpc) is 2.04. The molecular formula is C8H14N2O2. The molecule has 68 valence electrons. The van der Waals surface area contributed by atoms with Crippen LogP contribution in [0.3, 0.4) is 0 Å². The van der Waals surface area contributed by atoms with Crippen LogP contribution in [0, 0.1) is 11.3 Å². The highest BCUT2D eigenvalue weighted by atomic mass is 16.5. The second-order valence-electron chi connectivity index (χ2n) is 2.41. The van der Waals surface area contributed by atoms with E-state index in [1.165, 1.54) is 12.0 Å². The van der Waals surface area contributed by atoms with E-state index in [4.69, 9.17) is 5.26 Å². The predicted octanol–water partition coefficient (Wildman–Crippen LogP) is 0.395. The molecule has 1 amide bonds. The topological polar surface area (TPSA) is 53.3 Å². The normalized spacial score (nSPS) is 9.08. The number of hydrogen-bond donors (Lipinski definition) is 0. The summed E-state index contributed by atoms with van der Waals surface area (Å²) in [6.07, 6.45) is 0.858. The smallest absolute Gasteiger partial charge is 0.249 e. The standard InChI is InChI=1S/C8H14N2O2/c1-3-5-10(6-4-9)8(11)7-12-2/h3,5-7H2,1-2H3. The molecule has 0 radical (unpaired) electrons. The Bertz CT molecular complexity index is 174. The minimum atomic E-state index is -0.124. The Balaban J connectivity index is 3.92. The van der Waals surface area contributed by atoms with Gasteiger partial charge in [0.05, 0.1) is 6.07 Å².